The van der Waals surface area contributed by atoms with Crippen LogP contribution >= 0.6 is 0 Å². The maximum absolute atomic E-state index is 4.31. The van der Waals surface area contributed by atoms with Crippen LogP contribution in [0.2, 0.25) is 0 Å². The molecule has 3 rings (SSSR count). The number of nitrogens with one attached hydrogen (secondary N) is 2. The first kappa shape index (κ1) is 19.4. The molecule has 0 spiro atoms. The zero-order chi connectivity index (χ0) is 18.9. The SMILES string of the molecule is CN=C(NCCCn1cc(C)cn1)NCc1ccc(CN2CCCC2)cc1. The predicted octanol–water partition coefficient (Wildman–Crippen LogP) is 2.54. The van der Waals surface area contributed by atoms with Gasteiger partial charge in [-0.25, -0.2) is 0 Å². The summed E-state index contributed by atoms with van der Waals surface area (Å²) in [7, 11) is 1.81. The highest BCUT2D eigenvalue weighted by Crippen LogP contribution is 2.13. The second-order valence-corrected chi connectivity index (χ2v) is 7.29. The Labute approximate surface area is 162 Å². The molecule has 1 fully saturated rings. The van der Waals surface area contributed by atoms with Crippen molar-refractivity contribution in [2.24, 2.45) is 4.99 Å². The lowest BCUT2D eigenvalue weighted by molar-refractivity contribution is 0.331. The van der Waals surface area contributed by atoms with E-state index >= 15 is 0 Å². The van der Waals surface area contributed by atoms with Crippen molar-refractivity contribution in [1.29, 1.82) is 0 Å². The van der Waals surface area contributed by atoms with E-state index in [1.54, 1.807) is 0 Å². The third kappa shape index (κ3) is 6.40. The van der Waals surface area contributed by atoms with Gasteiger partial charge in [0.25, 0.3) is 0 Å². The second kappa shape index (κ2) is 10.1. The fraction of sp³-hybridized carbons (Fsp3) is 0.524. The maximum Gasteiger partial charge on any atom is 0.191 e. The van der Waals surface area contributed by atoms with Crippen molar-refractivity contribution in [2.75, 3.05) is 26.7 Å². The summed E-state index contributed by atoms with van der Waals surface area (Å²) in [6.07, 6.45) is 7.66. The molecule has 0 amide bonds. The van der Waals surface area contributed by atoms with Crippen LogP contribution in [0.25, 0.3) is 0 Å². The van der Waals surface area contributed by atoms with Crippen LogP contribution < -0.4 is 10.6 Å². The Kier molecular flexibility index (Phi) is 7.27. The van der Waals surface area contributed by atoms with Gasteiger partial charge in [-0.3, -0.25) is 14.6 Å². The van der Waals surface area contributed by atoms with Crippen molar-refractivity contribution in [3.8, 4) is 0 Å². The highest BCUT2D eigenvalue weighted by atomic mass is 15.3. The van der Waals surface area contributed by atoms with E-state index in [4.69, 9.17) is 0 Å². The van der Waals surface area contributed by atoms with Crippen LogP contribution in [0.3, 0.4) is 0 Å². The molecule has 0 radical (unpaired) electrons. The van der Waals surface area contributed by atoms with Gasteiger partial charge in [0, 0.05) is 39.4 Å². The van der Waals surface area contributed by atoms with Crippen molar-refractivity contribution >= 4 is 5.96 Å². The number of likely N-dealkylation sites (tertiary alicyclic amines) is 1. The van der Waals surface area contributed by atoms with Gasteiger partial charge in [-0.1, -0.05) is 24.3 Å². The first-order valence-corrected chi connectivity index (χ1v) is 9.97. The molecular weight excluding hydrogens is 336 g/mol. The van der Waals surface area contributed by atoms with Crippen LogP contribution in [0.1, 0.15) is 36.0 Å². The smallest absolute Gasteiger partial charge is 0.191 e. The molecule has 6 nitrogen and oxygen atoms in total. The van der Waals surface area contributed by atoms with Crippen molar-refractivity contribution in [1.82, 2.24) is 25.3 Å². The van der Waals surface area contributed by atoms with Gasteiger partial charge in [-0.2, -0.15) is 5.10 Å². The highest BCUT2D eigenvalue weighted by Gasteiger charge is 2.11. The van der Waals surface area contributed by atoms with Gasteiger partial charge in [0.2, 0.25) is 0 Å². The zero-order valence-electron chi connectivity index (χ0n) is 16.6. The lowest BCUT2D eigenvalue weighted by atomic mass is 10.1. The number of aromatic nitrogens is 2. The Morgan fingerprint density at radius 2 is 1.85 bits per heavy atom. The van der Waals surface area contributed by atoms with Crippen LogP contribution in [0, 0.1) is 6.92 Å². The Balaban J connectivity index is 1.35. The second-order valence-electron chi connectivity index (χ2n) is 7.29. The quantitative estimate of drug-likeness (QED) is 0.427. The van der Waals surface area contributed by atoms with Crippen LogP contribution in [0.4, 0.5) is 0 Å². The highest BCUT2D eigenvalue weighted by molar-refractivity contribution is 5.79. The summed E-state index contributed by atoms with van der Waals surface area (Å²) < 4.78 is 1.98. The Hall–Kier alpha value is -2.34. The fourth-order valence-corrected chi connectivity index (χ4v) is 3.40. The Morgan fingerprint density at radius 3 is 2.52 bits per heavy atom. The number of hydrogen-bond acceptors (Lipinski definition) is 3. The van der Waals surface area contributed by atoms with Crippen molar-refractivity contribution in [3.05, 3.63) is 53.3 Å². The van der Waals surface area contributed by atoms with Gasteiger partial charge < -0.3 is 10.6 Å². The third-order valence-corrected chi connectivity index (χ3v) is 4.93. The Morgan fingerprint density at radius 1 is 1.11 bits per heavy atom. The van der Waals surface area contributed by atoms with E-state index in [0.717, 1.165) is 38.6 Å². The van der Waals surface area contributed by atoms with Gasteiger partial charge in [-0.05, 0) is 56.0 Å². The number of guanidine groups is 1. The average Bonchev–Trinajstić information content (AvgIpc) is 3.34. The van der Waals surface area contributed by atoms with E-state index in [1.807, 2.05) is 17.9 Å². The number of aryl methyl sites for hydroxylation is 2. The monoisotopic (exact) mass is 368 g/mol. The first-order valence-electron chi connectivity index (χ1n) is 9.97. The molecule has 0 atom stereocenters. The van der Waals surface area contributed by atoms with E-state index in [2.05, 4.69) is 63.0 Å². The minimum atomic E-state index is 0.780. The third-order valence-electron chi connectivity index (χ3n) is 4.93. The normalized spacial score (nSPS) is 15.3. The summed E-state index contributed by atoms with van der Waals surface area (Å²) >= 11 is 0. The van der Waals surface area contributed by atoms with Gasteiger partial charge >= 0.3 is 0 Å². The predicted molar refractivity (Wildman–Crippen MR) is 111 cm³/mol. The summed E-state index contributed by atoms with van der Waals surface area (Å²) in [6.45, 7) is 8.18. The van der Waals surface area contributed by atoms with E-state index in [-0.39, 0.29) is 0 Å². The average molecular weight is 369 g/mol. The van der Waals surface area contributed by atoms with Crippen LogP contribution in [-0.4, -0.2) is 47.3 Å². The largest absolute Gasteiger partial charge is 0.356 e. The standard InChI is InChI=1S/C21H32N6/c1-18-14-25-27(16-18)13-5-10-23-21(22-2)24-15-19-6-8-20(9-7-19)17-26-11-3-4-12-26/h6-9,14,16H,3-5,10-13,15,17H2,1-2H3,(H2,22,23,24). The molecule has 27 heavy (non-hydrogen) atoms. The summed E-state index contributed by atoms with van der Waals surface area (Å²) in [5.74, 6) is 0.841. The minimum Gasteiger partial charge on any atom is -0.356 e. The van der Waals surface area contributed by atoms with Crippen LogP contribution in [0.15, 0.2) is 41.7 Å². The number of aliphatic imine (C=N–C) groups is 1. The maximum atomic E-state index is 4.31. The van der Waals surface area contributed by atoms with E-state index in [1.165, 1.54) is 42.6 Å². The molecule has 1 aliphatic rings. The number of benzene rings is 1. The lowest BCUT2D eigenvalue weighted by Crippen LogP contribution is -2.37. The van der Waals surface area contributed by atoms with Crippen LogP contribution in [-0.2, 0) is 19.6 Å². The van der Waals surface area contributed by atoms with E-state index in [0.29, 0.717) is 0 Å². The Bertz CT molecular complexity index is 713. The minimum absolute atomic E-state index is 0.780. The molecule has 1 aromatic carbocycles. The molecule has 6 heteroatoms. The molecule has 146 valence electrons. The van der Waals surface area contributed by atoms with Gasteiger partial charge in [0.1, 0.15) is 0 Å². The van der Waals surface area contributed by atoms with Gasteiger partial charge in [0.05, 0.1) is 6.20 Å². The van der Waals surface area contributed by atoms with Crippen molar-refractivity contribution in [2.45, 2.75) is 45.8 Å². The van der Waals surface area contributed by atoms with Gasteiger partial charge in [-0.15, -0.1) is 0 Å². The molecule has 0 unspecified atom stereocenters. The molecule has 2 aromatic rings. The van der Waals surface area contributed by atoms with E-state index in [9.17, 15) is 0 Å². The first-order chi connectivity index (χ1) is 13.2. The zero-order valence-corrected chi connectivity index (χ0v) is 16.6. The lowest BCUT2D eigenvalue weighted by Gasteiger charge is -2.15. The molecular formula is C21H32N6. The molecule has 0 bridgehead atoms. The molecule has 1 aromatic heterocycles. The number of hydrogen-bond donors (Lipinski definition) is 2. The topological polar surface area (TPSA) is 57.5 Å². The molecule has 0 saturated carbocycles. The van der Waals surface area contributed by atoms with E-state index < -0.39 is 0 Å². The van der Waals surface area contributed by atoms with Gasteiger partial charge in [0.15, 0.2) is 5.96 Å². The molecule has 0 aliphatic carbocycles. The molecule has 2 N–H and O–H groups in total. The summed E-state index contributed by atoms with van der Waals surface area (Å²) in [5.41, 5.74) is 3.87. The summed E-state index contributed by atoms with van der Waals surface area (Å²) in [4.78, 5) is 6.83. The number of nitrogens with zero attached hydrogens (tertiary/aromatic N) is 4. The summed E-state index contributed by atoms with van der Waals surface area (Å²) in [6, 6.07) is 8.92. The fourth-order valence-electron chi connectivity index (χ4n) is 3.40. The van der Waals surface area contributed by atoms with Crippen molar-refractivity contribution < 1.29 is 0 Å². The molecule has 1 saturated heterocycles. The summed E-state index contributed by atoms with van der Waals surface area (Å²) in [5, 5.41) is 11.1. The van der Waals surface area contributed by atoms with Crippen molar-refractivity contribution in [3.63, 3.8) is 0 Å². The molecule has 2 heterocycles. The van der Waals surface area contributed by atoms with Crippen LogP contribution in [0.5, 0.6) is 0 Å². The number of rotatable bonds is 8. The molecule has 1 aliphatic heterocycles.